The van der Waals surface area contributed by atoms with Gasteiger partial charge in [0.15, 0.2) is 17.3 Å². The average molecular weight is 511 g/mol. The summed E-state index contributed by atoms with van der Waals surface area (Å²) in [5.74, 6) is 0.134. The summed E-state index contributed by atoms with van der Waals surface area (Å²) >= 11 is 0. The van der Waals surface area contributed by atoms with Gasteiger partial charge in [0.05, 0.1) is 0 Å². The Morgan fingerprint density at radius 2 is 1.87 bits per heavy atom. The number of allylic oxidation sites excluding steroid dienone is 2. The molecular weight excluding hydrogens is 480 g/mol. The zero-order valence-electron chi connectivity index (χ0n) is 21.4. The lowest BCUT2D eigenvalue weighted by Gasteiger charge is -2.36. The van der Waals surface area contributed by atoms with Crippen LogP contribution in [-0.4, -0.2) is 35.3 Å². The Balaban J connectivity index is 1.30. The summed E-state index contributed by atoms with van der Waals surface area (Å²) in [5.41, 5.74) is 5.11. The fraction of sp³-hybridized carbons (Fsp3) is 0.387. The summed E-state index contributed by atoms with van der Waals surface area (Å²) in [7, 11) is 0. The third kappa shape index (κ3) is 3.83. The lowest BCUT2D eigenvalue weighted by molar-refractivity contribution is -0.151. The lowest BCUT2D eigenvalue weighted by atomic mass is 9.69. The second kappa shape index (κ2) is 9.15. The fourth-order valence-corrected chi connectivity index (χ4v) is 6.70. The van der Waals surface area contributed by atoms with Gasteiger partial charge in [0.2, 0.25) is 6.79 Å². The first-order chi connectivity index (χ1) is 18.6. The Hall–Kier alpha value is -3.87. The molecule has 1 aromatic heterocycles. The molecule has 7 heteroatoms. The number of rotatable bonds is 4. The SMILES string of the molecule is CC1=NC2=C(C(=O)CC(c3ccc4c(c3)OCO4)C2)C(c2c[nH]c3ccccc23)C1C(=O)OC1CCCC1. The third-order valence-electron chi connectivity index (χ3n) is 8.55. The Morgan fingerprint density at radius 1 is 1.05 bits per heavy atom. The predicted molar refractivity (Wildman–Crippen MR) is 143 cm³/mol. The van der Waals surface area contributed by atoms with Crippen LogP contribution in [0.25, 0.3) is 10.9 Å². The van der Waals surface area contributed by atoms with Crippen molar-refractivity contribution >= 4 is 28.4 Å². The van der Waals surface area contributed by atoms with E-state index >= 15 is 0 Å². The number of carbonyl (C=O) groups is 2. The van der Waals surface area contributed by atoms with Crippen molar-refractivity contribution in [2.75, 3.05) is 6.79 Å². The zero-order valence-corrected chi connectivity index (χ0v) is 21.4. The normalized spacial score (nSPS) is 25.0. The largest absolute Gasteiger partial charge is 0.462 e. The third-order valence-corrected chi connectivity index (χ3v) is 8.55. The van der Waals surface area contributed by atoms with Crippen molar-refractivity contribution in [2.45, 2.75) is 63.4 Å². The van der Waals surface area contributed by atoms with Gasteiger partial charge < -0.3 is 19.2 Å². The second-order valence-corrected chi connectivity index (χ2v) is 10.8. The summed E-state index contributed by atoms with van der Waals surface area (Å²) in [5, 5.41) is 1.02. The van der Waals surface area contributed by atoms with Gasteiger partial charge in [-0.3, -0.25) is 14.6 Å². The first kappa shape index (κ1) is 23.3. The number of carbonyl (C=O) groups excluding carboxylic acids is 2. The number of ketones is 1. The van der Waals surface area contributed by atoms with Gasteiger partial charge in [0.25, 0.3) is 0 Å². The molecule has 3 unspecified atom stereocenters. The number of nitrogens with zero attached hydrogens (tertiary/aromatic N) is 1. The smallest absolute Gasteiger partial charge is 0.315 e. The summed E-state index contributed by atoms with van der Waals surface area (Å²) in [4.78, 5) is 35.9. The zero-order chi connectivity index (χ0) is 25.8. The van der Waals surface area contributed by atoms with Gasteiger partial charge in [0, 0.05) is 46.4 Å². The van der Waals surface area contributed by atoms with Crippen LogP contribution in [0.5, 0.6) is 11.5 Å². The molecule has 3 atom stereocenters. The average Bonchev–Trinajstić information content (AvgIpc) is 3.68. The minimum atomic E-state index is -0.625. The molecule has 194 valence electrons. The van der Waals surface area contributed by atoms with Crippen LogP contribution in [0.1, 0.15) is 68.4 Å². The van der Waals surface area contributed by atoms with Crippen LogP contribution < -0.4 is 9.47 Å². The molecule has 7 nitrogen and oxygen atoms in total. The maximum absolute atomic E-state index is 14.0. The number of hydrogen-bond acceptors (Lipinski definition) is 6. The van der Waals surface area contributed by atoms with E-state index < -0.39 is 11.8 Å². The van der Waals surface area contributed by atoms with Gasteiger partial charge in [-0.1, -0.05) is 24.3 Å². The Labute approximate surface area is 220 Å². The van der Waals surface area contributed by atoms with Crippen LogP contribution in [-0.2, 0) is 14.3 Å². The van der Waals surface area contributed by atoms with Crippen LogP contribution in [0.3, 0.4) is 0 Å². The highest BCUT2D eigenvalue weighted by Crippen LogP contribution is 2.49. The number of benzene rings is 2. The van der Waals surface area contributed by atoms with E-state index in [4.69, 9.17) is 19.2 Å². The highest BCUT2D eigenvalue weighted by atomic mass is 16.7. The van der Waals surface area contributed by atoms with E-state index in [1.54, 1.807) is 0 Å². The predicted octanol–water partition coefficient (Wildman–Crippen LogP) is 5.96. The Kier molecular flexibility index (Phi) is 5.60. The van der Waals surface area contributed by atoms with Crippen LogP contribution >= 0.6 is 0 Å². The van der Waals surface area contributed by atoms with E-state index in [-0.39, 0.29) is 30.6 Å². The molecule has 4 aliphatic rings. The molecule has 2 aliphatic carbocycles. The van der Waals surface area contributed by atoms with Crippen molar-refractivity contribution in [3.8, 4) is 11.5 Å². The minimum Gasteiger partial charge on any atom is -0.462 e. The summed E-state index contributed by atoms with van der Waals surface area (Å²) < 4.78 is 17.1. The number of aromatic nitrogens is 1. The van der Waals surface area contributed by atoms with Crippen molar-refractivity contribution in [2.24, 2.45) is 10.9 Å². The molecule has 3 aromatic rings. The van der Waals surface area contributed by atoms with Gasteiger partial charge in [0.1, 0.15) is 12.0 Å². The van der Waals surface area contributed by atoms with Gasteiger partial charge in [-0.2, -0.15) is 0 Å². The van der Waals surface area contributed by atoms with Crippen molar-refractivity contribution in [1.82, 2.24) is 4.98 Å². The van der Waals surface area contributed by atoms with Gasteiger partial charge in [-0.15, -0.1) is 0 Å². The highest BCUT2D eigenvalue weighted by molar-refractivity contribution is 6.10. The number of Topliss-reactive ketones (excluding diaryl/α,β-unsaturated/α-hetero) is 1. The van der Waals surface area contributed by atoms with Crippen molar-refractivity contribution in [1.29, 1.82) is 0 Å². The van der Waals surface area contributed by atoms with Gasteiger partial charge in [-0.25, -0.2) is 0 Å². The summed E-state index contributed by atoms with van der Waals surface area (Å²) in [6.07, 6.45) is 6.84. The number of aromatic amines is 1. The number of aliphatic imine (C=N–C) groups is 1. The molecule has 0 radical (unpaired) electrons. The molecule has 0 spiro atoms. The number of hydrogen-bond donors (Lipinski definition) is 1. The first-order valence-corrected chi connectivity index (χ1v) is 13.5. The molecule has 0 saturated heterocycles. The molecule has 2 aromatic carbocycles. The van der Waals surface area contributed by atoms with Crippen molar-refractivity contribution < 1.29 is 23.8 Å². The maximum atomic E-state index is 14.0. The molecule has 38 heavy (non-hydrogen) atoms. The number of nitrogens with one attached hydrogen (secondary N) is 1. The van der Waals surface area contributed by atoms with Crippen LogP contribution in [0.2, 0.25) is 0 Å². The highest BCUT2D eigenvalue weighted by Gasteiger charge is 2.46. The Bertz CT molecular complexity index is 1510. The fourth-order valence-electron chi connectivity index (χ4n) is 6.70. The second-order valence-electron chi connectivity index (χ2n) is 10.8. The van der Waals surface area contributed by atoms with E-state index in [0.29, 0.717) is 29.9 Å². The monoisotopic (exact) mass is 510 g/mol. The van der Waals surface area contributed by atoms with E-state index in [0.717, 1.165) is 59.2 Å². The molecule has 1 N–H and O–H groups in total. The summed E-state index contributed by atoms with van der Waals surface area (Å²) in [6.45, 7) is 2.12. The van der Waals surface area contributed by atoms with Crippen LogP contribution in [0.4, 0.5) is 0 Å². The maximum Gasteiger partial charge on any atom is 0.315 e. The summed E-state index contributed by atoms with van der Waals surface area (Å²) in [6, 6.07) is 13.9. The van der Waals surface area contributed by atoms with Crippen molar-refractivity contribution in [3.63, 3.8) is 0 Å². The molecule has 0 amide bonds. The molecule has 2 aliphatic heterocycles. The first-order valence-electron chi connectivity index (χ1n) is 13.5. The molecule has 7 rings (SSSR count). The standard InChI is InChI=1S/C31H30N2O5/c1-17-28(31(35)38-20-6-2-3-7-20)29(22-15-32-23-9-5-4-8-21(22)23)30-24(33-17)12-19(13-25(30)34)18-10-11-26-27(14-18)37-16-36-26/h4-5,8-11,14-15,19-20,28-29,32H,2-3,6-7,12-13,16H2,1H3. The lowest BCUT2D eigenvalue weighted by Crippen LogP contribution is -2.39. The van der Waals surface area contributed by atoms with Crippen LogP contribution in [0.15, 0.2) is 64.9 Å². The van der Waals surface area contributed by atoms with E-state index in [1.807, 2.05) is 55.6 Å². The number of esters is 1. The van der Waals surface area contributed by atoms with Gasteiger partial charge >= 0.3 is 5.97 Å². The van der Waals surface area contributed by atoms with E-state index in [9.17, 15) is 9.59 Å². The number of para-hydroxylation sites is 1. The topological polar surface area (TPSA) is 90.0 Å². The van der Waals surface area contributed by atoms with E-state index in [2.05, 4.69) is 4.98 Å². The quantitative estimate of drug-likeness (QED) is 0.438. The Morgan fingerprint density at radius 3 is 2.74 bits per heavy atom. The molecular formula is C31H30N2O5. The van der Waals surface area contributed by atoms with Crippen LogP contribution in [0, 0.1) is 5.92 Å². The van der Waals surface area contributed by atoms with E-state index in [1.165, 1.54) is 0 Å². The number of H-pyrrole nitrogens is 1. The molecule has 1 fully saturated rings. The van der Waals surface area contributed by atoms with Crippen molar-refractivity contribution in [3.05, 3.63) is 71.1 Å². The number of fused-ring (bicyclic) bond motifs is 2. The molecule has 1 saturated carbocycles. The molecule has 0 bridgehead atoms. The number of ether oxygens (including phenoxy) is 3. The van der Waals surface area contributed by atoms with Gasteiger partial charge in [-0.05, 0) is 74.3 Å². The minimum absolute atomic E-state index is 0.0158. The molecule has 3 heterocycles.